The van der Waals surface area contributed by atoms with E-state index >= 15 is 4.39 Å². The fourth-order valence-electron chi connectivity index (χ4n) is 12.7. The summed E-state index contributed by atoms with van der Waals surface area (Å²) >= 11 is 0. The molecule has 2 aromatic carbocycles. The number of aromatic hydroxyl groups is 3. The van der Waals surface area contributed by atoms with Crippen LogP contribution in [-0.4, -0.2) is 135 Å². The van der Waals surface area contributed by atoms with Gasteiger partial charge in [-0.25, -0.2) is 9.18 Å². The van der Waals surface area contributed by atoms with Crippen molar-refractivity contribution < 1.29 is 73.2 Å². The predicted octanol–water partition coefficient (Wildman–Crippen LogP) is 7.48. The molecule has 8 N–H and O–H groups in total. The number of aromatic nitrogens is 1. The van der Waals surface area contributed by atoms with Gasteiger partial charge in [-0.3, -0.25) is 23.6 Å². The number of ether oxygens (including phenoxy) is 4. The molecule has 2 saturated heterocycles. The third kappa shape index (κ3) is 10.9. The molecule has 1 saturated carbocycles. The zero-order valence-electron chi connectivity index (χ0n) is 48.0. The molecule has 0 radical (unpaired) electrons. The molecule has 1 aliphatic carbocycles. The summed E-state index contributed by atoms with van der Waals surface area (Å²) in [7, 11) is 1.43. The van der Waals surface area contributed by atoms with Crippen LogP contribution in [-0.2, 0) is 23.8 Å². The summed E-state index contributed by atoms with van der Waals surface area (Å²) < 4.78 is 41.2. The highest BCUT2D eigenvalue weighted by atomic mass is 19.1. The maximum absolute atomic E-state index is 16.1. The first-order valence-corrected chi connectivity index (χ1v) is 28.2. The van der Waals surface area contributed by atoms with Gasteiger partial charge in [-0.15, -0.1) is 0 Å². The number of nitrogens with one attached hydrogen (secondary N) is 2. The van der Waals surface area contributed by atoms with E-state index in [1.165, 1.54) is 59.3 Å². The zero-order chi connectivity index (χ0) is 59.5. The van der Waals surface area contributed by atoms with Crippen LogP contribution in [0.4, 0.5) is 21.5 Å². The maximum atomic E-state index is 16.1. The number of hydrogen-bond acceptors (Lipinski definition) is 17. The van der Waals surface area contributed by atoms with Crippen molar-refractivity contribution in [1.82, 2.24) is 9.72 Å². The summed E-state index contributed by atoms with van der Waals surface area (Å²) in [6, 6.07) is 1.42. The van der Waals surface area contributed by atoms with Gasteiger partial charge in [0.2, 0.25) is 0 Å². The fraction of sp³-hybridized carbons (Fsp3) is 0.525. The third-order valence-electron chi connectivity index (χ3n) is 17.8. The quantitative estimate of drug-likeness (QED) is 0.0458. The first kappa shape index (κ1) is 59.4. The van der Waals surface area contributed by atoms with Gasteiger partial charge in [0.05, 0.1) is 52.9 Å². The lowest BCUT2D eigenvalue weighted by Crippen LogP contribution is -2.46. The van der Waals surface area contributed by atoms with Gasteiger partial charge in [-0.1, -0.05) is 45.9 Å². The highest BCUT2D eigenvalue weighted by Crippen LogP contribution is 2.58. The highest BCUT2D eigenvalue weighted by Gasteiger charge is 2.50. The third-order valence-corrected chi connectivity index (χ3v) is 17.8. The molecule has 5 aliphatic heterocycles. The molecule has 4 aromatic rings. The molecular formula is C61H76FN5O15. The number of aliphatic hydroxyl groups excluding tert-OH is 2. The van der Waals surface area contributed by atoms with Crippen LogP contribution < -0.4 is 30.7 Å². The van der Waals surface area contributed by atoms with Crippen LogP contribution >= 0.6 is 0 Å². The Hall–Kier alpha value is -7.20. The molecule has 3 fully saturated rings. The van der Waals surface area contributed by atoms with Crippen molar-refractivity contribution in [2.75, 3.05) is 55.0 Å². The number of phenols is 3. The Kier molecular flexibility index (Phi) is 16.8. The van der Waals surface area contributed by atoms with Crippen LogP contribution in [0.3, 0.4) is 0 Å². The molecule has 2 aromatic heterocycles. The lowest BCUT2D eigenvalue weighted by atomic mass is 9.78. The van der Waals surface area contributed by atoms with E-state index in [0.29, 0.717) is 62.3 Å². The van der Waals surface area contributed by atoms with E-state index in [-0.39, 0.29) is 68.0 Å². The van der Waals surface area contributed by atoms with Gasteiger partial charge in [0.25, 0.3) is 17.2 Å². The number of carbonyl (C=O) groups is 4. The van der Waals surface area contributed by atoms with E-state index < -0.39 is 106 Å². The summed E-state index contributed by atoms with van der Waals surface area (Å²) in [5.74, 6) is -10.3. The minimum Gasteiger partial charge on any atom is -0.507 e. The second-order valence-corrected chi connectivity index (χ2v) is 23.4. The highest BCUT2D eigenvalue weighted by molar-refractivity contribution is 6.23. The van der Waals surface area contributed by atoms with Gasteiger partial charge >= 0.3 is 17.7 Å². The van der Waals surface area contributed by atoms with E-state index in [9.17, 15) is 54.6 Å². The Labute approximate surface area is 474 Å². The van der Waals surface area contributed by atoms with E-state index in [2.05, 4.69) is 10.6 Å². The lowest BCUT2D eigenvalue weighted by Gasteiger charge is -2.38. The number of carboxylic acids is 1. The lowest BCUT2D eigenvalue weighted by molar-refractivity contribution is -0.160. The fourth-order valence-corrected chi connectivity index (χ4v) is 12.7. The molecule has 10 atom stereocenters. The van der Waals surface area contributed by atoms with Crippen LogP contribution in [0.5, 0.6) is 23.0 Å². The Morgan fingerprint density at radius 3 is 2.20 bits per heavy atom. The number of allylic oxidation sites excluding steroid dienone is 2. The number of esters is 1. The molecule has 7 heterocycles. The second kappa shape index (κ2) is 23.2. The normalized spacial score (nSPS) is 29.1. The summed E-state index contributed by atoms with van der Waals surface area (Å²) in [6.45, 7) is 16.6. The smallest absolute Gasteiger partial charge is 0.341 e. The van der Waals surface area contributed by atoms with Gasteiger partial charge in [0, 0.05) is 93.4 Å². The Morgan fingerprint density at radius 1 is 0.866 bits per heavy atom. The number of amides is 1. The van der Waals surface area contributed by atoms with E-state index in [4.69, 9.17) is 18.9 Å². The number of anilines is 3. The number of ketones is 1. The first-order valence-electron chi connectivity index (χ1n) is 28.2. The van der Waals surface area contributed by atoms with Gasteiger partial charge in [-0.05, 0) is 94.5 Å². The van der Waals surface area contributed by atoms with Crippen molar-refractivity contribution in [3.8, 4) is 23.0 Å². The summed E-state index contributed by atoms with van der Waals surface area (Å²) in [6.07, 6.45) is 8.06. The van der Waals surface area contributed by atoms with Crippen molar-refractivity contribution in [2.45, 2.75) is 137 Å². The van der Waals surface area contributed by atoms with Crippen molar-refractivity contribution in [1.29, 1.82) is 0 Å². The number of rotatable bonds is 9. The largest absolute Gasteiger partial charge is 0.507 e. The second-order valence-electron chi connectivity index (χ2n) is 23.4. The van der Waals surface area contributed by atoms with E-state index in [1.54, 1.807) is 51.7 Å². The van der Waals surface area contributed by atoms with E-state index in [0.717, 1.165) is 35.4 Å². The Morgan fingerprint density at radius 2 is 1.55 bits per heavy atom. The van der Waals surface area contributed by atoms with Gasteiger partial charge < -0.3 is 70.0 Å². The number of carbonyl (C=O) groups excluding carboxylic acids is 3. The number of carboxylic acid groups (broad SMARTS) is 1. The van der Waals surface area contributed by atoms with Gasteiger partial charge in [0.1, 0.15) is 40.3 Å². The van der Waals surface area contributed by atoms with Gasteiger partial charge in [-0.2, -0.15) is 0 Å². The molecule has 442 valence electrons. The summed E-state index contributed by atoms with van der Waals surface area (Å²) in [4.78, 5) is 70.5. The number of aromatic carboxylic acids is 1. The average Bonchev–Trinajstić information content (AvgIpc) is 3.04. The number of hydrogen-bond donors (Lipinski definition) is 8. The minimum atomic E-state index is -2.10. The van der Waals surface area contributed by atoms with Gasteiger partial charge in [0.15, 0.2) is 11.6 Å². The number of halogens is 1. The van der Waals surface area contributed by atoms with Crippen molar-refractivity contribution >= 4 is 57.0 Å². The van der Waals surface area contributed by atoms with Crippen LogP contribution in [0.15, 0.2) is 53.2 Å². The predicted molar refractivity (Wildman–Crippen MR) is 305 cm³/mol. The van der Waals surface area contributed by atoms with Crippen LogP contribution in [0.1, 0.15) is 124 Å². The van der Waals surface area contributed by atoms with Crippen molar-refractivity contribution in [3.05, 3.63) is 92.4 Å². The van der Waals surface area contributed by atoms with E-state index in [1.807, 2.05) is 4.90 Å². The topological polar surface area (TPSA) is 279 Å². The standard InChI is InChI=1S/C61H76FN5O15/c1-28-12-11-13-29(2)58(75)64-46-49(65-21-17-38(18-22-65)63-25-36-16-20-66(26-36)48-31(4)47-39(37-14-15-37)24-40(60(77)78)59(76)67(47)27-41(48)62)54(73)43-44(53(46)72)52(71)34(7)56-45(43)57(74)61(9,82-56)80-23-19-42(79-10)30(3)55(81-35(8)68)33(6)51(70)32(5)50(28)69/h11-13,19,23-24,27-28,30,32-33,36-38,42,50-51,55,63,69-73H,14-18,20-22,25-26H2,1-10H3,(H,64,75)(H,77,78)/b12-11+,23-19+,29-13-/t28-,30+,32+,33+,36-,42-,50-,51+,55+,61-/m0/s1. The number of piperidine rings is 1. The number of fused-ring (bicyclic) bond motifs is 15. The molecule has 0 unspecified atom stereocenters. The monoisotopic (exact) mass is 1140 g/mol. The Bertz CT molecular complexity index is 3380. The molecule has 10 rings (SSSR count). The maximum Gasteiger partial charge on any atom is 0.341 e. The van der Waals surface area contributed by atoms with Crippen LogP contribution in [0, 0.1) is 49.3 Å². The number of pyridine rings is 2. The number of benzene rings is 2. The number of phenolic OH excluding ortho intramolecular Hbond substituents is 3. The molecular weight excluding hydrogens is 1060 g/mol. The summed E-state index contributed by atoms with van der Waals surface area (Å²) in [5.41, 5.74) is 0.878. The SMILES string of the molecule is CO[C@H]1/C=C/O[C@@]2(C)Oc3c(C)c(O)c4c(O)c(c(N5CCC(NC[C@@H]6CCN(c7c(F)cn8c(=O)c(C(=O)O)cc(C9CC9)c8c7C)C6)CC5)c(O)c4c3C2=O)NC(=O)/C(C)=C\C=C\[C@H](C)[C@H](O)[C@@H](C)[C@@H](O)[C@@H](C)[C@H](OC(C)=O)[C@@H]1C. The first-order chi connectivity index (χ1) is 38.8. The van der Waals surface area contributed by atoms with Crippen molar-refractivity contribution in [2.24, 2.45) is 29.6 Å². The number of aliphatic hydroxyl groups is 2. The summed E-state index contributed by atoms with van der Waals surface area (Å²) in [5, 5.41) is 75.8. The van der Waals surface area contributed by atoms with Crippen molar-refractivity contribution in [3.63, 3.8) is 0 Å². The number of nitrogens with zero attached hydrogens (tertiary/aromatic N) is 3. The molecule has 82 heavy (non-hydrogen) atoms. The minimum absolute atomic E-state index is 0.00875. The number of Topliss-reactive ketones (excluding diaryl/α,β-unsaturated/α-hetero) is 1. The molecule has 5 bridgehead atoms. The number of aryl methyl sites for hydroxylation is 1. The van der Waals surface area contributed by atoms with Crippen LogP contribution in [0.25, 0.3) is 16.3 Å². The Balaban J connectivity index is 1.01. The average molecular weight is 1140 g/mol. The zero-order valence-corrected chi connectivity index (χ0v) is 48.0. The molecule has 21 heteroatoms. The molecule has 6 aliphatic rings. The van der Waals surface area contributed by atoms with Crippen LogP contribution in [0.2, 0.25) is 0 Å². The molecule has 1 amide bonds. The molecule has 20 nitrogen and oxygen atoms in total. The molecule has 0 spiro atoms. The number of methoxy groups -OCH3 is 1.